The van der Waals surface area contributed by atoms with Gasteiger partial charge in [-0.2, -0.15) is 0 Å². The molecule has 2 aliphatic carbocycles. The maximum Gasteiger partial charge on any atom is 0.287 e. The number of nitrogens with zero attached hydrogens (tertiary/aromatic N) is 3. The number of nitrogens with two attached hydrogens (primary N) is 1. The lowest BCUT2D eigenvalue weighted by Crippen LogP contribution is -2.17. The molecule has 3 rings (SSSR count). The second kappa shape index (κ2) is 3.96. The first-order valence-electron chi connectivity index (χ1n) is 5.45. The van der Waals surface area contributed by atoms with Gasteiger partial charge in [0.25, 0.3) is 5.91 Å². The number of aromatic nitrogens is 3. The van der Waals surface area contributed by atoms with Gasteiger partial charge in [0.1, 0.15) is 6.33 Å². The third kappa shape index (κ3) is 1.53. The van der Waals surface area contributed by atoms with Crippen LogP contribution in [0.25, 0.3) is 16.8 Å². The quantitative estimate of drug-likeness (QED) is 0.734. The Kier molecular flexibility index (Phi) is 2.30. The van der Waals surface area contributed by atoms with Crippen LogP contribution in [-0.4, -0.2) is 20.7 Å². The lowest BCUT2D eigenvalue weighted by molar-refractivity contribution is 0.0988. The Hall–Kier alpha value is -2.69. The van der Waals surface area contributed by atoms with Crippen LogP contribution in [-0.2, 0) is 0 Å². The molecule has 0 aliphatic heterocycles. The Balaban J connectivity index is 2.28. The number of carbonyl (C=O) groups is 1. The summed E-state index contributed by atoms with van der Waals surface area (Å²) >= 11 is 0. The largest absolute Gasteiger partial charge is 0.363 e. The van der Waals surface area contributed by atoms with Crippen LogP contribution in [0.1, 0.15) is 10.6 Å². The van der Waals surface area contributed by atoms with E-state index in [9.17, 15) is 4.79 Å². The normalized spacial score (nSPS) is 10.7. The van der Waals surface area contributed by atoms with Crippen LogP contribution in [0, 0.1) is 0 Å². The molecule has 1 aromatic rings. The summed E-state index contributed by atoms with van der Waals surface area (Å²) in [5.41, 5.74) is 8.22. The van der Waals surface area contributed by atoms with Crippen molar-refractivity contribution in [3.05, 3.63) is 54.6 Å². The molecule has 88 valence electrons. The van der Waals surface area contributed by atoms with E-state index in [0.29, 0.717) is 0 Å². The highest BCUT2D eigenvalue weighted by atomic mass is 16.1. The standard InChI is InChI=1S/C13H10N4O/c14-12(18)13-16-15-8-17(13)11-7-2-1-4-9-5-3-6-10(9)11/h1-8H,(H2,14,18). The lowest BCUT2D eigenvalue weighted by Gasteiger charge is -2.06. The van der Waals surface area contributed by atoms with Crippen molar-refractivity contribution in [3.8, 4) is 16.8 Å². The topological polar surface area (TPSA) is 73.8 Å². The Bertz CT molecular complexity index is 689. The van der Waals surface area contributed by atoms with E-state index in [1.54, 1.807) is 4.57 Å². The minimum atomic E-state index is -0.598. The molecule has 1 amide bonds. The Morgan fingerprint density at radius 2 is 1.89 bits per heavy atom. The van der Waals surface area contributed by atoms with Crippen LogP contribution >= 0.6 is 0 Å². The van der Waals surface area contributed by atoms with E-state index < -0.39 is 5.91 Å². The first kappa shape index (κ1) is 10.5. The highest BCUT2D eigenvalue weighted by Crippen LogP contribution is 2.28. The molecular formula is C13H10N4O. The molecule has 0 radical (unpaired) electrons. The zero-order chi connectivity index (χ0) is 12.5. The van der Waals surface area contributed by atoms with E-state index in [0.717, 1.165) is 16.8 Å². The number of rotatable bonds is 2. The molecule has 2 aliphatic rings. The van der Waals surface area contributed by atoms with Gasteiger partial charge in [-0.15, -0.1) is 10.2 Å². The first-order chi connectivity index (χ1) is 8.77. The van der Waals surface area contributed by atoms with E-state index in [-0.39, 0.29) is 5.82 Å². The molecule has 1 heterocycles. The van der Waals surface area contributed by atoms with Gasteiger partial charge in [-0.1, -0.05) is 36.4 Å². The molecule has 0 unspecified atom stereocenters. The third-order valence-electron chi connectivity index (χ3n) is 2.79. The van der Waals surface area contributed by atoms with E-state index in [1.807, 2.05) is 42.5 Å². The second-order valence-electron chi connectivity index (χ2n) is 3.89. The number of carbonyl (C=O) groups excluding carboxylic acids is 1. The lowest BCUT2D eigenvalue weighted by atomic mass is 10.1. The Morgan fingerprint density at radius 3 is 2.72 bits per heavy atom. The number of fused-ring (bicyclic) bond motifs is 1. The van der Waals surface area contributed by atoms with Crippen LogP contribution in [0.15, 0.2) is 48.8 Å². The van der Waals surface area contributed by atoms with Crippen molar-refractivity contribution in [2.24, 2.45) is 5.73 Å². The maximum atomic E-state index is 11.3. The van der Waals surface area contributed by atoms with Gasteiger partial charge in [0.2, 0.25) is 5.82 Å². The Labute approximate surface area is 103 Å². The van der Waals surface area contributed by atoms with Crippen LogP contribution in [0.4, 0.5) is 0 Å². The molecule has 0 fully saturated rings. The molecule has 0 saturated heterocycles. The molecule has 0 saturated carbocycles. The number of primary amides is 1. The summed E-state index contributed by atoms with van der Waals surface area (Å²) in [4.78, 5) is 11.3. The predicted molar refractivity (Wildman–Crippen MR) is 66.5 cm³/mol. The third-order valence-corrected chi connectivity index (χ3v) is 2.79. The molecule has 0 aromatic carbocycles. The zero-order valence-electron chi connectivity index (χ0n) is 9.45. The van der Waals surface area contributed by atoms with Gasteiger partial charge >= 0.3 is 0 Å². The molecular weight excluding hydrogens is 228 g/mol. The molecule has 0 bridgehead atoms. The molecule has 5 heteroatoms. The summed E-state index contributed by atoms with van der Waals surface area (Å²) < 4.78 is 1.60. The molecule has 18 heavy (non-hydrogen) atoms. The van der Waals surface area contributed by atoms with Crippen molar-refractivity contribution >= 4 is 5.91 Å². The fourth-order valence-corrected chi connectivity index (χ4v) is 2.00. The summed E-state index contributed by atoms with van der Waals surface area (Å²) in [5.74, 6) is -0.470. The predicted octanol–water partition coefficient (Wildman–Crippen LogP) is 1.47. The number of hydrogen-bond donors (Lipinski definition) is 1. The van der Waals surface area contributed by atoms with E-state index in [2.05, 4.69) is 10.2 Å². The summed E-state index contributed by atoms with van der Waals surface area (Å²) in [6.45, 7) is 0. The number of hydrogen-bond acceptors (Lipinski definition) is 3. The minimum absolute atomic E-state index is 0.128. The summed E-state index contributed by atoms with van der Waals surface area (Å²) in [7, 11) is 0. The van der Waals surface area contributed by atoms with Gasteiger partial charge < -0.3 is 5.73 Å². The van der Waals surface area contributed by atoms with Gasteiger partial charge in [-0.3, -0.25) is 9.36 Å². The van der Waals surface area contributed by atoms with Crippen molar-refractivity contribution in [1.82, 2.24) is 14.8 Å². The molecule has 1 aromatic heterocycles. The van der Waals surface area contributed by atoms with E-state index in [1.165, 1.54) is 6.33 Å². The summed E-state index contributed by atoms with van der Waals surface area (Å²) in [6, 6.07) is 13.7. The average molecular weight is 238 g/mol. The smallest absolute Gasteiger partial charge is 0.287 e. The van der Waals surface area contributed by atoms with Gasteiger partial charge in [-0.25, -0.2) is 0 Å². The molecule has 2 N–H and O–H groups in total. The highest BCUT2D eigenvalue weighted by molar-refractivity contribution is 5.90. The Morgan fingerprint density at radius 1 is 1.11 bits per heavy atom. The van der Waals surface area contributed by atoms with Crippen LogP contribution in [0.3, 0.4) is 0 Å². The fourth-order valence-electron chi connectivity index (χ4n) is 2.00. The van der Waals surface area contributed by atoms with Gasteiger partial charge in [0, 0.05) is 5.56 Å². The maximum absolute atomic E-state index is 11.3. The van der Waals surface area contributed by atoms with Crippen LogP contribution in [0.2, 0.25) is 0 Å². The van der Waals surface area contributed by atoms with Gasteiger partial charge in [0.15, 0.2) is 0 Å². The van der Waals surface area contributed by atoms with Crippen molar-refractivity contribution in [1.29, 1.82) is 0 Å². The van der Waals surface area contributed by atoms with Crippen LogP contribution in [0.5, 0.6) is 0 Å². The minimum Gasteiger partial charge on any atom is -0.363 e. The van der Waals surface area contributed by atoms with Crippen molar-refractivity contribution in [2.75, 3.05) is 0 Å². The van der Waals surface area contributed by atoms with E-state index in [4.69, 9.17) is 5.73 Å². The SMILES string of the molecule is NC(=O)c1nncn1-c1ccccc2cccc1-2. The second-order valence-corrected chi connectivity index (χ2v) is 3.89. The highest BCUT2D eigenvalue weighted by Gasteiger charge is 2.15. The van der Waals surface area contributed by atoms with Crippen molar-refractivity contribution in [2.45, 2.75) is 0 Å². The summed E-state index contributed by atoms with van der Waals surface area (Å²) in [5, 5.41) is 7.49. The monoisotopic (exact) mass is 238 g/mol. The average Bonchev–Trinajstić information content (AvgIpc) is 2.96. The van der Waals surface area contributed by atoms with Gasteiger partial charge in [0.05, 0.1) is 5.69 Å². The number of amides is 1. The molecule has 0 spiro atoms. The van der Waals surface area contributed by atoms with Crippen molar-refractivity contribution in [3.63, 3.8) is 0 Å². The summed E-state index contributed by atoms with van der Waals surface area (Å²) in [6.07, 6.45) is 1.49. The van der Waals surface area contributed by atoms with Crippen LogP contribution < -0.4 is 5.73 Å². The van der Waals surface area contributed by atoms with Gasteiger partial charge in [-0.05, 0) is 11.6 Å². The first-order valence-corrected chi connectivity index (χ1v) is 5.45. The van der Waals surface area contributed by atoms with E-state index >= 15 is 0 Å². The van der Waals surface area contributed by atoms with Crippen molar-refractivity contribution < 1.29 is 4.79 Å². The molecule has 5 nitrogen and oxygen atoms in total. The zero-order valence-corrected chi connectivity index (χ0v) is 9.45. The molecule has 0 atom stereocenters. The fraction of sp³-hybridized carbons (Fsp3) is 0.